The van der Waals surface area contributed by atoms with E-state index in [-0.39, 0.29) is 24.1 Å². The minimum absolute atomic E-state index is 0.0784. The number of nitrogens with one attached hydrogen (secondary N) is 3. The van der Waals surface area contributed by atoms with Crippen molar-refractivity contribution in [2.24, 2.45) is 4.99 Å². The van der Waals surface area contributed by atoms with Crippen LogP contribution in [-0.4, -0.2) is 68.2 Å². The molecule has 120 valence electrons. The second kappa shape index (κ2) is 7.82. The van der Waals surface area contributed by atoms with Crippen molar-refractivity contribution >= 4 is 17.9 Å². The molecule has 0 radical (unpaired) electrons. The number of rotatable bonds is 7. The lowest BCUT2D eigenvalue weighted by atomic mass is 10.1. The van der Waals surface area contributed by atoms with E-state index in [1.165, 1.54) is 4.90 Å². The zero-order valence-corrected chi connectivity index (χ0v) is 13.2. The zero-order valence-electron chi connectivity index (χ0n) is 13.2. The van der Waals surface area contributed by atoms with Crippen LogP contribution in [0.4, 0.5) is 4.79 Å². The molecule has 0 aromatic carbocycles. The molecule has 1 fully saturated rings. The minimum Gasteiger partial charge on any atom is -0.377 e. The van der Waals surface area contributed by atoms with Gasteiger partial charge in [0, 0.05) is 26.7 Å². The van der Waals surface area contributed by atoms with Crippen molar-refractivity contribution in [3.8, 4) is 0 Å². The summed E-state index contributed by atoms with van der Waals surface area (Å²) in [6.45, 7) is 7.93. The van der Waals surface area contributed by atoms with Crippen LogP contribution in [0.15, 0.2) is 4.99 Å². The molecule has 1 rings (SSSR count). The van der Waals surface area contributed by atoms with E-state index in [2.05, 4.69) is 20.9 Å². The Morgan fingerprint density at radius 2 is 2.14 bits per heavy atom. The molecule has 0 aliphatic carbocycles. The number of carbonyl (C=O) groups is 2. The number of methoxy groups -OCH3 is 1. The topological polar surface area (TPSA) is 95.1 Å². The fraction of sp³-hybridized carbons (Fsp3) is 0.769. The molecular weight excluding hydrogens is 274 g/mol. The number of hydrogen-bond donors (Lipinski definition) is 3. The fourth-order valence-corrected chi connectivity index (χ4v) is 1.64. The number of imide groups is 1. The Bertz CT molecular complexity index is 393. The summed E-state index contributed by atoms with van der Waals surface area (Å²) in [5.41, 5.74) is -0.340. The fourth-order valence-electron chi connectivity index (χ4n) is 1.64. The van der Waals surface area contributed by atoms with Crippen LogP contribution < -0.4 is 16.0 Å². The van der Waals surface area contributed by atoms with Gasteiger partial charge < -0.3 is 20.7 Å². The first-order valence-corrected chi connectivity index (χ1v) is 7.05. The highest BCUT2D eigenvalue weighted by Gasteiger charge is 2.27. The molecular formula is C13H25N5O3. The second-order valence-electron chi connectivity index (χ2n) is 5.29. The summed E-state index contributed by atoms with van der Waals surface area (Å²) in [4.78, 5) is 28.4. The summed E-state index contributed by atoms with van der Waals surface area (Å²) in [5, 5.41) is 8.68. The first-order chi connectivity index (χ1) is 9.89. The Morgan fingerprint density at radius 3 is 2.67 bits per heavy atom. The molecule has 1 aliphatic heterocycles. The van der Waals surface area contributed by atoms with Gasteiger partial charge in [-0.1, -0.05) is 0 Å². The van der Waals surface area contributed by atoms with Crippen LogP contribution in [-0.2, 0) is 9.53 Å². The number of aliphatic imine (C=N–C) groups is 1. The van der Waals surface area contributed by atoms with Gasteiger partial charge in [-0.25, -0.2) is 4.79 Å². The van der Waals surface area contributed by atoms with Gasteiger partial charge in [0.25, 0.3) is 0 Å². The van der Waals surface area contributed by atoms with Gasteiger partial charge in [-0.05, 0) is 20.8 Å². The summed E-state index contributed by atoms with van der Waals surface area (Å²) in [7, 11) is 1.65. The van der Waals surface area contributed by atoms with E-state index >= 15 is 0 Å². The van der Waals surface area contributed by atoms with Crippen molar-refractivity contribution in [1.29, 1.82) is 0 Å². The van der Waals surface area contributed by atoms with Gasteiger partial charge in [0.15, 0.2) is 5.96 Å². The van der Waals surface area contributed by atoms with Gasteiger partial charge in [0.1, 0.15) is 0 Å². The highest BCUT2D eigenvalue weighted by molar-refractivity contribution is 6.01. The average molecular weight is 299 g/mol. The quantitative estimate of drug-likeness (QED) is 0.335. The van der Waals surface area contributed by atoms with E-state index in [0.29, 0.717) is 25.6 Å². The third-order valence-electron chi connectivity index (χ3n) is 3.08. The lowest BCUT2D eigenvalue weighted by molar-refractivity contribution is -0.124. The van der Waals surface area contributed by atoms with E-state index < -0.39 is 0 Å². The first kappa shape index (κ1) is 17.2. The van der Waals surface area contributed by atoms with Crippen molar-refractivity contribution < 1.29 is 14.3 Å². The standard InChI is InChI=1S/C13H25N5O3/c1-5-14-11(17-9-13(2,3)21-4)15-6-7-18-10(19)8-16-12(18)20/h5-9H2,1-4H3,(H,16,20)(H2,14,15,17). The third kappa shape index (κ3) is 5.58. The van der Waals surface area contributed by atoms with Crippen molar-refractivity contribution in [3.63, 3.8) is 0 Å². The summed E-state index contributed by atoms with van der Waals surface area (Å²) < 4.78 is 5.31. The molecule has 1 aliphatic rings. The zero-order chi connectivity index (χ0) is 15.9. The van der Waals surface area contributed by atoms with Gasteiger partial charge in [0.2, 0.25) is 5.91 Å². The lowest BCUT2D eigenvalue weighted by Crippen LogP contribution is -2.44. The molecule has 21 heavy (non-hydrogen) atoms. The number of carbonyl (C=O) groups excluding carboxylic acids is 2. The Kier molecular flexibility index (Phi) is 6.41. The van der Waals surface area contributed by atoms with E-state index in [0.717, 1.165) is 6.54 Å². The van der Waals surface area contributed by atoms with Gasteiger partial charge in [0.05, 0.1) is 18.7 Å². The minimum atomic E-state index is -0.343. The number of guanidine groups is 1. The van der Waals surface area contributed by atoms with E-state index in [9.17, 15) is 9.59 Å². The van der Waals surface area contributed by atoms with Gasteiger partial charge >= 0.3 is 6.03 Å². The van der Waals surface area contributed by atoms with Gasteiger partial charge in [-0.15, -0.1) is 0 Å². The maximum atomic E-state index is 11.4. The van der Waals surface area contributed by atoms with E-state index in [4.69, 9.17) is 4.74 Å². The van der Waals surface area contributed by atoms with Crippen LogP contribution in [0.3, 0.4) is 0 Å². The molecule has 0 saturated carbocycles. The molecule has 0 spiro atoms. The van der Waals surface area contributed by atoms with Crippen LogP contribution in [0.2, 0.25) is 0 Å². The van der Waals surface area contributed by atoms with Crippen LogP contribution in [0.25, 0.3) is 0 Å². The maximum Gasteiger partial charge on any atom is 0.324 e. The molecule has 0 aromatic rings. The van der Waals surface area contributed by atoms with Crippen LogP contribution in [0.1, 0.15) is 20.8 Å². The van der Waals surface area contributed by atoms with Crippen molar-refractivity contribution in [2.45, 2.75) is 26.4 Å². The molecule has 0 unspecified atom stereocenters. The number of nitrogens with zero attached hydrogens (tertiary/aromatic N) is 2. The van der Waals surface area contributed by atoms with Crippen molar-refractivity contribution in [1.82, 2.24) is 20.9 Å². The molecule has 1 heterocycles. The summed E-state index contributed by atoms with van der Waals surface area (Å²) in [6, 6.07) is -0.343. The lowest BCUT2D eigenvalue weighted by Gasteiger charge is -2.21. The Morgan fingerprint density at radius 1 is 1.43 bits per heavy atom. The largest absolute Gasteiger partial charge is 0.377 e. The van der Waals surface area contributed by atoms with Gasteiger partial charge in [-0.3, -0.25) is 14.7 Å². The monoisotopic (exact) mass is 299 g/mol. The number of urea groups is 1. The van der Waals surface area contributed by atoms with Crippen molar-refractivity contribution in [3.05, 3.63) is 0 Å². The molecule has 8 nitrogen and oxygen atoms in total. The molecule has 0 aromatic heterocycles. The van der Waals surface area contributed by atoms with E-state index in [1.807, 2.05) is 20.8 Å². The second-order valence-corrected chi connectivity index (χ2v) is 5.29. The maximum absolute atomic E-state index is 11.4. The predicted molar refractivity (Wildman–Crippen MR) is 80.2 cm³/mol. The number of hydrogen-bond acceptors (Lipinski definition) is 4. The van der Waals surface area contributed by atoms with Crippen molar-refractivity contribution in [2.75, 3.05) is 39.8 Å². The third-order valence-corrected chi connectivity index (χ3v) is 3.08. The molecule has 3 amide bonds. The molecule has 3 N–H and O–H groups in total. The van der Waals surface area contributed by atoms with Crippen LogP contribution in [0, 0.1) is 0 Å². The van der Waals surface area contributed by atoms with Crippen LogP contribution in [0.5, 0.6) is 0 Å². The molecule has 0 bridgehead atoms. The number of amides is 3. The predicted octanol–water partition coefficient (Wildman–Crippen LogP) is -0.482. The normalized spacial score (nSPS) is 16.2. The summed E-state index contributed by atoms with van der Waals surface area (Å²) in [6.07, 6.45) is 0. The highest BCUT2D eigenvalue weighted by atomic mass is 16.5. The summed E-state index contributed by atoms with van der Waals surface area (Å²) >= 11 is 0. The Labute approximate surface area is 125 Å². The number of ether oxygens (including phenoxy) is 1. The Balaban J connectivity index is 2.45. The average Bonchev–Trinajstić information content (AvgIpc) is 2.76. The summed E-state index contributed by atoms with van der Waals surface area (Å²) in [5.74, 6) is 0.430. The first-order valence-electron chi connectivity index (χ1n) is 7.05. The molecule has 8 heteroatoms. The molecule has 0 atom stereocenters. The SMILES string of the molecule is CCNC(=NCC(C)(C)OC)NCCN1C(=O)CNC1=O. The van der Waals surface area contributed by atoms with Crippen LogP contribution >= 0.6 is 0 Å². The highest BCUT2D eigenvalue weighted by Crippen LogP contribution is 2.06. The van der Waals surface area contributed by atoms with E-state index in [1.54, 1.807) is 7.11 Å². The van der Waals surface area contributed by atoms with Gasteiger partial charge in [-0.2, -0.15) is 0 Å². The smallest absolute Gasteiger partial charge is 0.324 e. The molecule has 1 saturated heterocycles. The Hall–Kier alpha value is -1.83.